The summed E-state index contributed by atoms with van der Waals surface area (Å²) in [6.45, 7) is 6.77. The van der Waals surface area contributed by atoms with E-state index < -0.39 is 17.7 Å². The van der Waals surface area contributed by atoms with Crippen LogP contribution in [-0.4, -0.2) is 67.8 Å². The van der Waals surface area contributed by atoms with Crippen LogP contribution in [0.15, 0.2) is 24.3 Å². The predicted molar refractivity (Wildman–Crippen MR) is 89.9 cm³/mol. The maximum absolute atomic E-state index is 11.7. The topological polar surface area (TPSA) is 77.5 Å². The van der Waals surface area contributed by atoms with Crippen LogP contribution >= 0.6 is 0 Å². The molecular formula is C18H25NO6. The Morgan fingerprint density at radius 1 is 1.24 bits per heavy atom. The summed E-state index contributed by atoms with van der Waals surface area (Å²) in [6.07, 6.45) is 0.322. The summed E-state index contributed by atoms with van der Waals surface area (Å²) in [5.41, 5.74) is 0. The third-order valence-corrected chi connectivity index (χ3v) is 4.61. The number of morpholine rings is 1. The van der Waals surface area contributed by atoms with Gasteiger partial charge in [0.05, 0.1) is 19.8 Å². The minimum Gasteiger partial charge on any atom is -0.481 e. The lowest BCUT2D eigenvalue weighted by Gasteiger charge is -2.29. The van der Waals surface area contributed by atoms with E-state index in [-0.39, 0.29) is 0 Å². The summed E-state index contributed by atoms with van der Waals surface area (Å²) in [4.78, 5) is 14.0. The Hall–Kier alpha value is -1.83. The zero-order chi connectivity index (χ0) is 17.7. The highest BCUT2D eigenvalue weighted by atomic mass is 16.7. The van der Waals surface area contributed by atoms with E-state index in [0.717, 1.165) is 32.8 Å². The Balaban J connectivity index is 1.46. The number of ether oxygens (including phenoxy) is 4. The van der Waals surface area contributed by atoms with Crippen LogP contribution in [-0.2, 0) is 14.3 Å². The summed E-state index contributed by atoms with van der Waals surface area (Å²) in [5.74, 6) is -1.84. The number of fused-ring (bicyclic) bond motifs is 1. The molecule has 1 fully saturated rings. The Kier molecular flexibility index (Phi) is 5.78. The molecule has 2 aliphatic heterocycles. The van der Waals surface area contributed by atoms with Crippen molar-refractivity contribution in [1.29, 1.82) is 0 Å². The minimum absolute atomic E-state index is 0.322. The first kappa shape index (κ1) is 18.0. The Labute approximate surface area is 147 Å². The van der Waals surface area contributed by atoms with Crippen molar-refractivity contribution in [2.75, 3.05) is 46.1 Å². The van der Waals surface area contributed by atoms with E-state index in [0.29, 0.717) is 31.1 Å². The van der Waals surface area contributed by atoms with Crippen molar-refractivity contribution in [3.63, 3.8) is 0 Å². The molecule has 1 saturated heterocycles. The first-order valence-electron chi connectivity index (χ1n) is 8.66. The number of hydrogen-bond donors (Lipinski definition) is 1. The Morgan fingerprint density at radius 2 is 1.88 bits per heavy atom. The molecule has 3 rings (SSSR count). The molecular weight excluding hydrogens is 326 g/mol. The number of carbonyl (C=O) groups is 1. The molecule has 0 spiro atoms. The molecule has 1 unspecified atom stereocenters. The number of para-hydroxylation sites is 2. The van der Waals surface area contributed by atoms with Crippen LogP contribution in [0.4, 0.5) is 0 Å². The van der Waals surface area contributed by atoms with Gasteiger partial charge in [0.1, 0.15) is 5.92 Å². The van der Waals surface area contributed by atoms with E-state index in [9.17, 15) is 9.90 Å². The fourth-order valence-corrected chi connectivity index (χ4v) is 3.15. The molecule has 0 bridgehead atoms. The maximum atomic E-state index is 11.7. The lowest BCUT2D eigenvalue weighted by atomic mass is 9.96. The summed E-state index contributed by atoms with van der Waals surface area (Å²) in [5, 5.41) is 9.60. The van der Waals surface area contributed by atoms with E-state index in [2.05, 4.69) is 4.90 Å². The lowest BCUT2D eigenvalue weighted by molar-refractivity contribution is -0.168. The highest BCUT2D eigenvalue weighted by Crippen LogP contribution is 2.42. The third kappa shape index (κ3) is 4.42. The highest BCUT2D eigenvalue weighted by molar-refractivity contribution is 5.71. The second-order valence-corrected chi connectivity index (χ2v) is 6.41. The quantitative estimate of drug-likeness (QED) is 0.713. The molecule has 0 aromatic heterocycles. The van der Waals surface area contributed by atoms with E-state index in [1.165, 1.54) is 0 Å². The number of hydrogen-bond acceptors (Lipinski definition) is 6. The van der Waals surface area contributed by atoms with Gasteiger partial charge >= 0.3 is 5.97 Å². The summed E-state index contributed by atoms with van der Waals surface area (Å²) in [7, 11) is 0. The molecule has 1 N–H and O–H groups in total. The van der Waals surface area contributed by atoms with Crippen molar-refractivity contribution in [2.45, 2.75) is 19.1 Å². The number of rotatable bonds is 8. The van der Waals surface area contributed by atoms with Gasteiger partial charge in [-0.25, -0.2) is 0 Å². The third-order valence-electron chi connectivity index (χ3n) is 4.61. The molecule has 1 atom stereocenters. The molecule has 25 heavy (non-hydrogen) atoms. The van der Waals surface area contributed by atoms with Gasteiger partial charge in [-0.2, -0.15) is 0 Å². The van der Waals surface area contributed by atoms with E-state index >= 15 is 0 Å². The van der Waals surface area contributed by atoms with Gasteiger partial charge in [-0.05, 0) is 18.6 Å². The molecule has 1 aromatic rings. The van der Waals surface area contributed by atoms with Crippen molar-refractivity contribution in [3.8, 4) is 11.5 Å². The van der Waals surface area contributed by atoms with E-state index in [1.807, 2.05) is 12.1 Å². The highest BCUT2D eigenvalue weighted by Gasteiger charge is 2.48. The van der Waals surface area contributed by atoms with Gasteiger partial charge in [-0.3, -0.25) is 9.69 Å². The van der Waals surface area contributed by atoms with Gasteiger partial charge in [-0.15, -0.1) is 0 Å². The summed E-state index contributed by atoms with van der Waals surface area (Å²) >= 11 is 0. The SMILES string of the molecule is CC1(C(CCOCCN2CCOCC2)C(=O)O)Oc2ccccc2O1. The van der Waals surface area contributed by atoms with Crippen LogP contribution in [0.5, 0.6) is 11.5 Å². The van der Waals surface area contributed by atoms with Gasteiger partial charge < -0.3 is 24.1 Å². The summed E-state index contributed by atoms with van der Waals surface area (Å²) in [6, 6.07) is 7.22. The fourth-order valence-electron chi connectivity index (χ4n) is 3.15. The average Bonchev–Trinajstić information content (AvgIpc) is 2.95. The van der Waals surface area contributed by atoms with Gasteiger partial charge in [0.15, 0.2) is 11.5 Å². The Morgan fingerprint density at radius 3 is 2.48 bits per heavy atom. The minimum atomic E-state index is -1.22. The molecule has 7 nitrogen and oxygen atoms in total. The van der Waals surface area contributed by atoms with Crippen molar-refractivity contribution >= 4 is 5.97 Å². The second-order valence-electron chi connectivity index (χ2n) is 6.41. The molecule has 7 heteroatoms. The van der Waals surface area contributed by atoms with E-state index in [4.69, 9.17) is 18.9 Å². The van der Waals surface area contributed by atoms with Crippen molar-refractivity contribution in [3.05, 3.63) is 24.3 Å². The zero-order valence-corrected chi connectivity index (χ0v) is 14.5. The molecule has 2 heterocycles. The van der Waals surface area contributed by atoms with Crippen molar-refractivity contribution < 1.29 is 28.8 Å². The van der Waals surface area contributed by atoms with Crippen LogP contribution in [0, 0.1) is 5.92 Å². The first-order valence-corrected chi connectivity index (χ1v) is 8.66. The molecule has 2 aliphatic rings. The Bertz CT molecular complexity index is 562. The number of nitrogens with zero attached hydrogens (tertiary/aromatic N) is 1. The molecule has 138 valence electrons. The average molecular weight is 351 g/mol. The van der Waals surface area contributed by atoms with Gasteiger partial charge in [0, 0.05) is 33.2 Å². The van der Waals surface area contributed by atoms with Gasteiger partial charge in [0.25, 0.3) is 5.79 Å². The smallest absolute Gasteiger partial charge is 0.314 e. The molecule has 0 amide bonds. The van der Waals surface area contributed by atoms with Crippen molar-refractivity contribution in [2.24, 2.45) is 5.92 Å². The van der Waals surface area contributed by atoms with Crippen LogP contribution in [0.25, 0.3) is 0 Å². The molecule has 0 aliphatic carbocycles. The predicted octanol–water partition coefficient (Wildman–Crippen LogP) is 1.61. The number of carboxylic acid groups (broad SMARTS) is 1. The number of benzene rings is 1. The standard InChI is InChI=1S/C18H25NO6/c1-18(24-15-4-2-3-5-16(15)25-18)14(17(20)21)6-10-22-11-7-19-8-12-23-13-9-19/h2-5,14H,6-13H2,1H3,(H,20,21). The first-order chi connectivity index (χ1) is 12.1. The molecule has 0 saturated carbocycles. The van der Waals surface area contributed by atoms with Crippen molar-refractivity contribution in [1.82, 2.24) is 4.90 Å². The molecule has 1 aromatic carbocycles. The fraction of sp³-hybridized carbons (Fsp3) is 0.611. The largest absolute Gasteiger partial charge is 0.481 e. The van der Waals surface area contributed by atoms with Gasteiger partial charge in [-0.1, -0.05) is 12.1 Å². The lowest BCUT2D eigenvalue weighted by Crippen LogP contribution is -2.47. The second kappa shape index (κ2) is 8.03. The van der Waals surface area contributed by atoms with Crippen LogP contribution in [0.2, 0.25) is 0 Å². The maximum Gasteiger partial charge on any atom is 0.314 e. The number of aliphatic carboxylic acids is 1. The zero-order valence-electron chi connectivity index (χ0n) is 14.5. The van der Waals surface area contributed by atoms with E-state index in [1.54, 1.807) is 19.1 Å². The number of carboxylic acids is 1. The van der Waals surface area contributed by atoms with Crippen LogP contribution in [0.1, 0.15) is 13.3 Å². The van der Waals surface area contributed by atoms with Crippen LogP contribution < -0.4 is 9.47 Å². The molecule has 0 radical (unpaired) electrons. The van der Waals surface area contributed by atoms with Crippen LogP contribution in [0.3, 0.4) is 0 Å². The van der Waals surface area contributed by atoms with Gasteiger partial charge in [0.2, 0.25) is 0 Å². The summed E-state index contributed by atoms with van der Waals surface area (Å²) < 4.78 is 22.5. The monoisotopic (exact) mass is 351 g/mol. The normalized spacial score (nSPS) is 20.4.